The Balaban J connectivity index is 1.52. The summed E-state index contributed by atoms with van der Waals surface area (Å²) in [5.41, 5.74) is 3.46. The number of alkyl halides is 3. The SMILES string of the molecule is CCc1cc(NC(C)=O)c2nccc(N3CCc4c(cc(Cn5ccnc5)cc4-c4cn(C)nc4C(F)(F)F)C3=O)c2c1. The number of imidazole rings is 1. The van der Waals surface area contributed by atoms with E-state index < -0.39 is 11.9 Å². The van der Waals surface area contributed by atoms with Crippen LogP contribution >= 0.6 is 0 Å². The van der Waals surface area contributed by atoms with E-state index in [2.05, 4.69) is 20.4 Å². The maximum atomic E-state index is 14.3. The quantitative estimate of drug-likeness (QED) is 0.278. The molecule has 0 saturated carbocycles. The van der Waals surface area contributed by atoms with Crippen molar-refractivity contribution in [2.24, 2.45) is 7.05 Å². The molecule has 0 spiro atoms. The maximum Gasteiger partial charge on any atom is 0.435 e. The van der Waals surface area contributed by atoms with Gasteiger partial charge in [-0.1, -0.05) is 6.92 Å². The molecule has 1 aliphatic heterocycles. The lowest BCUT2D eigenvalue weighted by atomic mass is 9.87. The van der Waals surface area contributed by atoms with Crippen molar-refractivity contribution >= 4 is 34.1 Å². The number of fused-ring (bicyclic) bond motifs is 2. The van der Waals surface area contributed by atoms with E-state index in [-0.39, 0.29) is 23.9 Å². The van der Waals surface area contributed by atoms with Gasteiger partial charge in [0.1, 0.15) is 0 Å². The van der Waals surface area contributed by atoms with E-state index >= 15 is 0 Å². The van der Waals surface area contributed by atoms with Crippen LogP contribution in [0.15, 0.2) is 61.4 Å². The number of anilines is 2. The Bertz CT molecular complexity index is 1880. The molecule has 9 nitrogen and oxygen atoms in total. The van der Waals surface area contributed by atoms with Crippen LogP contribution in [0.5, 0.6) is 0 Å². The first-order valence-electron chi connectivity index (χ1n) is 13.8. The molecular weight excluding hydrogens is 559 g/mol. The molecule has 0 bridgehead atoms. The summed E-state index contributed by atoms with van der Waals surface area (Å²) in [6, 6.07) is 9.04. The number of hydrogen-bond acceptors (Lipinski definition) is 5. The Kier molecular flexibility index (Phi) is 6.99. The number of halogens is 3. The Hall–Kier alpha value is -5.00. The smallest absolute Gasteiger partial charge is 0.333 e. The molecule has 0 fully saturated rings. The van der Waals surface area contributed by atoms with Crippen molar-refractivity contribution in [2.45, 2.75) is 39.4 Å². The van der Waals surface area contributed by atoms with Gasteiger partial charge in [0.05, 0.1) is 23.2 Å². The van der Waals surface area contributed by atoms with E-state index in [4.69, 9.17) is 0 Å². The third kappa shape index (κ3) is 5.24. The molecule has 1 aliphatic rings. The fourth-order valence-electron chi connectivity index (χ4n) is 5.74. The summed E-state index contributed by atoms with van der Waals surface area (Å²) in [7, 11) is 1.45. The molecule has 12 heteroatoms. The Labute approximate surface area is 245 Å². The Morgan fingerprint density at radius 1 is 1.07 bits per heavy atom. The molecule has 4 heterocycles. The highest BCUT2D eigenvalue weighted by atomic mass is 19.4. The third-order valence-corrected chi connectivity index (χ3v) is 7.57. The summed E-state index contributed by atoms with van der Waals surface area (Å²) in [6.45, 7) is 3.97. The second-order valence-corrected chi connectivity index (χ2v) is 10.6. The average Bonchev–Trinajstić information content (AvgIpc) is 3.62. The van der Waals surface area contributed by atoms with Crippen LogP contribution in [-0.4, -0.2) is 42.7 Å². The normalized spacial score (nSPS) is 13.4. The highest BCUT2D eigenvalue weighted by Gasteiger charge is 2.39. The lowest BCUT2D eigenvalue weighted by molar-refractivity contribution is -0.141. The predicted molar refractivity (Wildman–Crippen MR) is 156 cm³/mol. The predicted octanol–water partition coefficient (Wildman–Crippen LogP) is 5.62. The van der Waals surface area contributed by atoms with Gasteiger partial charge in [0.15, 0.2) is 5.69 Å². The molecule has 0 atom stereocenters. The fraction of sp³-hybridized carbons (Fsp3) is 0.258. The third-order valence-electron chi connectivity index (χ3n) is 7.57. The number of nitrogens with one attached hydrogen (secondary N) is 1. The number of rotatable bonds is 6. The van der Waals surface area contributed by atoms with E-state index in [0.717, 1.165) is 10.2 Å². The molecule has 43 heavy (non-hydrogen) atoms. The van der Waals surface area contributed by atoms with Gasteiger partial charge < -0.3 is 14.8 Å². The molecule has 3 aromatic heterocycles. The van der Waals surface area contributed by atoms with Crippen molar-refractivity contribution in [1.29, 1.82) is 0 Å². The molecule has 0 saturated heterocycles. The minimum atomic E-state index is -4.67. The average molecular weight is 588 g/mol. The summed E-state index contributed by atoms with van der Waals surface area (Å²) >= 11 is 0. The summed E-state index contributed by atoms with van der Waals surface area (Å²) in [5.74, 6) is -0.570. The lowest BCUT2D eigenvalue weighted by Gasteiger charge is -2.31. The van der Waals surface area contributed by atoms with Crippen molar-refractivity contribution in [3.05, 3.63) is 89.4 Å². The molecule has 220 valence electrons. The van der Waals surface area contributed by atoms with Crippen LogP contribution in [0.3, 0.4) is 0 Å². The molecule has 2 amide bonds. The largest absolute Gasteiger partial charge is 0.435 e. The monoisotopic (exact) mass is 587 g/mol. The van der Waals surface area contributed by atoms with Crippen LogP contribution < -0.4 is 10.2 Å². The van der Waals surface area contributed by atoms with Crippen LogP contribution in [0.25, 0.3) is 22.0 Å². The van der Waals surface area contributed by atoms with E-state index in [9.17, 15) is 22.8 Å². The van der Waals surface area contributed by atoms with Gasteiger partial charge >= 0.3 is 6.18 Å². The Morgan fingerprint density at radius 2 is 1.86 bits per heavy atom. The highest BCUT2D eigenvalue weighted by Crippen LogP contribution is 2.41. The van der Waals surface area contributed by atoms with Crippen LogP contribution in [0.1, 0.15) is 46.6 Å². The number of pyridine rings is 1. The number of carbonyl (C=O) groups is 2. The highest BCUT2D eigenvalue weighted by molar-refractivity contribution is 6.14. The van der Waals surface area contributed by atoms with E-state index in [1.807, 2.05) is 19.1 Å². The molecule has 0 radical (unpaired) electrons. The minimum Gasteiger partial charge on any atom is -0.333 e. The first kappa shape index (κ1) is 28.1. The number of benzene rings is 2. The van der Waals surface area contributed by atoms with Gasteiger partial charge in [0, 0.05) is 68.4 Å². The van der Waals surface area contributed by atoms with Gasteiger partial charge in [-0.05, 0) is 65.4 Å². The number of hydrogen-bond donors (Lipinski definition) is 1. The molecule has 0 unspecified atom stereocenters. The van der Waals surface area contributed by atoms with E-state index in [1.54, 1.807) is 52.6 Å². The summed E-state index contributed by atoms with van der Waals surface area (Å²) in [4.78, 5) is 36.4. The molecule has 1 N–H and O–H groups in total. The number of aromatic nitrogens is 5. The van der Waals surface area contributed by atoms with Crippen LogP contribution in [0, 0.1) is 0 Å². The van der Waals surface area contributed by atoms with Gasteiger partial charge in [-0.2, -0.15) is 18.3 Å². The van der Waals surface area contributed by atoms with Gasteiger partial charge in [-0.15, -0.1) is 0 Å². The first-order chi connectivity index (χ1) is 20.5. The molecule has 6 rings (SSSR count). The Morgan fingerprint density at radius 3 is 2.56 bits per heavy atom. The van der Waals surface area contributed by atoms with Crippen molar-refractivity contribution in [1.82, 2.24) is 24.3 Å². The molecular formula is C31H28F3N7O2. The van der Waals surface area contributed by atoms with Gasteiger partial charge in [0.25, 0.3) is 5.91 Å². The maximum absolute atomic E-state index is 14.3. The minimum absolute atomic E-state index is 0.0677. The van der Waals surface area contributed by atoms with Gasteiger partial charge in [0.2, 0.25) is 5.91 Å². The summed E-state index contributed by atoms with van der Waals surface area (Å²) < 4.78 is 45.1. The van der Waals surface area contributed by atoms with Crippen LogP contribution in [0.4, 0.5) is 24.5 Å². The van der Waals surface area contributed by atoms with Crippen molar-refractivity contribution < 1.29 is 22.8 Å². The van der Waals surface area contributed by atoms with Crippen molar-refractivity contribution in [3.8, 4) is 11.1 Å². The zero-order valence-electron chi connectivity index (χ0n) is 23.7. The number of nitrogens with zero attached hydrogens (tertiary/aromatic N) is 6. The molecule has 0 aliphatic carbocycles. The number of aryl methyl sites for hydroxylation is 2. The summed E-state index contributed by atoms with van der Waals surface area (Å²) in [6.07, 6.45) is 4.26. The number of carbonyl (C=O) groups excluding carboxylic acids is 2. The lowest BCUT2D eigenvalue weighted by Crippen LogP contribution is -2.38. The first-order valence-corrected chi connectivity index (χ1v) is 13.8. The van der Waals surface area contributed by atoms with Gasteiger partial charge in [-0.25, -0.2) is 4.98 Å². The second-order valence-electron chi connectivity index (χ2n) is 10.6. The van der Waals surface area contributed by atoms with E-state index in [1.165, 1.54) is 20.2 Å². The fourth-order valence-corrected chi connectivity index (χ4v) is 5.74. The topological polar surface area (TPSA) is 97.9 Å². The van der Waals surface area contributed by atoms with Crippen molar-refractivity contribution in [3.63, 3.8) is 0 Å². The van der Waals surface area contributed by atoms with Gasteiger partial charge in [-0.3, -0.25) is 19.3 Å². The number of amides is 2. The molecule has 5 aromatic rings. The van der Waals surface area contributed by atoms with Crippen LogP contribution in [-0.2, 0) is 37.4 Å². The molecule has 2 aromatic carbocycles. The second kappa shape index (κ2) is 10.7. The zero-order valence-corrected chi connectivity index (χ0v) is 23.7. The van der Waals surface area contributed by atoms with Crippen molar-refractivity contribution in [2.75, 3.05) is 16.8 Å². The zero-order chi connectivity index (χ0) is 30.5. The summed E-state index contributed by atoms with van der Waals surface area (Å²) in [5, 5.41) is 7.26. The standard InChI is InChI=1S/C31H28F3N7O2/c1-4-19-11-24-27(5-7-36-28(24)26(14-19)37-18(2)42)41-9-6-21-22(25-16-39(3)38-29(25)31(32,33)34)12-20(13-23(21)30(41)43)15-40-10-8-35-17-40/h5,7-8,10-14,16-17H,4,6,9,15H2,1-3H3,(H,37,42). The van der Waals surface area contributed by atoms with E-state index in [0.29, 0.717) is 63.9 Å². The van der Waals surface area contributed by atoms with Crippen LogP contribution in [0.2, 0.25) is 0 Å².